The predicted molar refractivity (Wildman–Crippen MR) is 113 cm³/mol. The van der Waals surface area contributed by atoms with Gasteiger partial charge in [-0.2, -0.15) is 8.78 Å². The SMILES string of the molecule is CCCc1ccc(-c2cc(F)c(C(F)(F)Oc3cc(F)c(OCCCF)c(F)c3)c(F)c2)cc1. The molecule has 0 saturated heterocycles. The van der Waals surface area contributed by atoms with E-state index >= 15 is 0 Å². The minimum Gasteiger partial charge on any atom is -0.488 e. The summed E-state index contributed by atoms with van der Waals surface area (Å²) >= 11 is 0. The molecule has 0 N–H and O–H groups in total. The lowest BCUT2D eigenvalue weighted by atomic mass is 10.00. The van der Waals surface area contributed by atoms with Gasteiger partial charge in [-0.1, -0.05) is 37.6 Å². The van der Waals surface area contributed by atoms with Gasteiger partial charge in [-0.05, 0) is 35.2 Å². The first-order valence-corrected chi connectivity index (χ1v) is 10.5. The summed E-state index contributed by atoms with van der Waals surface area (Å²) in [6.07, 6.45) is -2.99. The van der Waals surface area contributed by atoms with Crippen molar-refractivity contribution in [1.82, 2.24) is 0 Å². The summed E-state index contributed by atoms with van der Waals surface area (Å²) in [7, 11) is 0. The molecule has 0 aliphatic carbocycles. The first-order valence-electron chi connectivity index (χ1n) is 10.5. The van der Waals surface area contributed by atoms with E-state index in [9.17, 15) is 30.7 Å². The minimum atomic E-state index is -4.59. The molecule has 2 nitrogen and oxygen atoms in total. The maximum absolute atomic E-state index is 14.6. The van der Waals surface area contributed by atoms with Crippen LogP contribution in [0.1, 0.15) is 30.9 Å². The molecular weight excluding hydrogens is 465 g/mol. The molecule has 0 saturated carbocycles. The second kappa shape index (κ2) is 10.8. The van der Waals surface area contributed by atoms with Crippen molar-refractivity contribution >= 4 is 0 Å². The number of alkyl halides is 3. The van der Waals surface area contributed by atoms with Crippen molar-refractivity contribution in [3.05, 3.63) is 82.9 Å². The third-order valence-corrected chi connectivity index (χ3v) is 4.90. The third kappa shape index (κ3) is 5.81. The molecule has 9 heteroatoms. The molecule has 0 aliphatic heterocycles. The molecule has 0 spiro atoms. The summed E-state index contributed by atoms with van der Waals surface area (Å²) in [5.74, 6) is -7.91. The van der Waals surface area contributed by atoms with Crippen LogP contribution in [0.3, 0.4) is 0 Å². The molecule has 0 bridgehead atoms. The lowest BCUT2D eigenvalue weighted by molar-refractivity contribution is -0.189. The topological polar surface area (TPSA) is 18.5 Å². The van der Waals surface area contributed by atoms with Crippen LogP contribution in [0.5, 0.6) is 11.5 Å². The number of aryl methyl sites for hydroxylation is 1. The summed E-state index contributed by atoms with van der Waals surface area (Å²) in [5, 5.41) is 0. The second-order valence-electron chi connectivity index (χ2n) is 7.49. The van der Waals surface area contributed by atoms with E-state index in [0.29, 0.717) is 17.7 Å². The highest BCUT2D eigenvalue weighted by atomic mass is 19.3. The Labute approximate surface area is 191 Å². The summed E-state index contributed by atoms with van der Waals surface area (Å²) in [4.78, 5) is 0. The molecule has 34 heavy (non-hydrogen) atoms. The van der Waals surface area contributed by atoms with Gasteiger partial charge in [0.05, 0.1) is 13.3 Å². The van der Waals surface area contributed by atoms with E-state index < -0.39 is 53.1 Å². The smallest absolute Gasteiger partial charge is 0.432 e. The van der Waals surface area contributed by atoms with Gasteiger partial charge in [0.25, 0.3) is 0 Å². The number of halogens is 7. The highest BCUT2D eigenvalue weighted by Gasteiger charge is 2.41. The molecule has 0 unspecified atom stereocenters. The van der Waals surface area contributed by atoms with Crippen LogP contribution in [0.4, 0.5) is 30.7 Å². The second-order valence-corrected chi connectivity index (χ2v) is 7.49. The minimum absolute atomic E-state index is 0.0319. The summed E-state index contributed by atoms with van der Waals surface area (Å²) in [6, 6.07) is 9.00. The lowest BCUT2D eigenvalue weighted by Crippen LogP contribution is -2.25. The number of rotatable bonds is 10. The maximum Gasteiger partial charge on any atom is 0.432 e. The molecule has 0 atom stereocenters. The van der Waals surface area contributed by atoms with Gasteiger partial charge in [-0.15, -0.1) is 0 Å². The van der Waals surface area contributed by atoms with Crippen molar-refractivity contribution in [2.45, 2.75) is 32.3 Å². The highest BCUT2D eigenvalue weighted by molar-refractivity contribution is 5.64. The van der Waals surface area contributed by atoms with Crippen LogP contribution in [-0.2, 0) is 12.5 Å². The van der Waals surface area contributed by atoms with E-state index in [2.05, 4.69) is 4.74 Å². The number of hydrogen-bond acceptors (Lipinski definition) is 2. The monoisotopic (exact) mass is 486 g/mol. The molecule has 0 amide bonds. The van der Waals surface area contributed by atoms with Gasteiger partial charge in [0, 0.05) is 18.6 Å². The highest BCUT2D eigenvalue weighted by Crippen LogP contribution is 2.38. The predicted octanol–water partition coefficient (Wildman–Crippen LogP) is 7.73. The zero-order chi connectivity index (χ0) is 24.9. The Morgan fingerprint density at radius 3 is 1.91 bits per heavy atom. The fourth-order valence-corrected chi connectivity index (χ4v) is 3.33. The van der Waals surface area contributed by atoms with Crippen LogP contribution >= 0.6 is 0 Å². The van der Waals surface area contributed by atoms with Gasteiger partial charge in [-0.25, -0.2) is 17.6 Å². The molecule has 3 aromatic rings. The van der Waals surface area contributed by atoms with E-state index in [1.54, 1.807) is 24.3 Å². The van der Waals surface area contributed by atoms with Crippen LogP contribution in [0.15, 0.2) is 48.5 Å². The first-order chi connectivity index (χ1) is 16.2. The van der Waals surface area contributed by atoms with Crippen molar-refractivity contribution in [2.75, 3.05) is 13.3 Å². The standard InChI is InChI=1S/C25H21F7O2/c1-2-4-15-5-7-16(8-6-15)17-11-19(27)23(20(28)12-17)25(31,32)34-18-13-21(29)24(22(30)14-18)33-10-3-9-26/h5-8,11-14H,2-4,9-10H2,1H3. The van der Waals surface area contributed by atoms with Crippen molar-refractivity contribution in [3.8, 4) is 22.6 Å². The van der Waals surface area contributed by atoms with Crippen molar-refractivity contribution in [2.24, 2.45) is 0 Å². The number of benzene rings is 3. The molecular formula is C25H21F7O2. The Kier molecular flexibility index (Phi) is 8.06. The van der Waals surface area contributed by atoms with E-state index in [1.807, 2.05) is 6.92 Å². The molecule has 182 valence electrons. The zero-order valence-electron chi connectivity index (χ0n) is 18.1. The molecule has 0 radical (unpaired) electrons. The van der Waals surface area contributed by atoms with Crippen LogP contribution in [0.25, 0.3) is 11.1 Å². The molecule has 3 aromatic carbocycles. The third-order valence-electron chi connectivity index (χ3n) is 4.90. The molecule has 0 heterocycles. The number of hydrogen-bond donors (Lipinski definition) is 0. The Morgan fingerprint density at radius 2 is 1.38 bits per heavy atom. The normalized spacial score (nSPS) is 11.5. The van der Waals surface area contributed by atoms with E-state index in [0.717, 1.165) is 30.5 Å². The first kappa shape index (κ1) is 25.4. The summed E-state index contributed by atoms with van der Waals surface area (Å²) in [6.45, 7) is 0.876. The van der Waals surface area contributed by atoms with Crippen LogP contribution in [-0.4, -0.2) is 13.3 Å². The average molecular weight is 486 g/mol. The van der Waals surface area contributed by atoms with E-state index in [1.165, 1.54) is 0 Å². The van der Waals surface area contributed by atoms with Gasteiger partial charge in [-0.3, -0.25) is 4.39 Å². The van der Waals surface area contributed by atoms with Crippen molar-refractivity contribution in [3.63, 3.8) is 0 Å². The van der Waals surface area contributed by atoms with E-state index in [4.69, 9.17) is 4.74 Å². The largest absolute Gasteiger partial charge is 0.488 e. The number of ether oxygens (including phenoxy) is 2. The van der Waals surface area contributed by atoms with Gasteiger partial charge in [0.15, 0.2) is 17.4 Å². The Hall–Kier alpha value is -3.23. The fraction of sp³-hybridized carbons (Fsp3) is 0.280. The van der Waals surface area contributed by atoms with Gasteiger partial charge in [0.1, 0.15) is 22.9 Å². The van der Waals surface area contributed by atoms with Crippen molar-refractivity contribution < 1.29 is 40.2 Å². The van der Waals surface area contributed by atoms with Gasteiger partial charge < -0.3 is 9.47 Å². The fourth-order valence-electron chi connectivity index (χ4n) is 3.33. The van der Waals surface area contributed by atoms with Crippen LogP contribution < -0.4 is 9.47 Å². The van der Waals surface area contributed by atoms with Crippen LogP contribution in [0, 0.1) is 23.3 Å². The Balaban J connectivity index is 1.86. The lowest BCUT2D eigenvalue weighted by Gasteiger charge is -2.20. The maximum atomic E-state index is 14.6. The van der Waals surface area contributed by atoms with Gasteiger partial charge >= 0.3 is 6.11 Å². The Morgan fingerprint density at radius 1 is 0.794 bits per heavy atom. The molecule has 0 aromatic heterocycles. The molecule has 0 aliphatic rings. The Bertz CT molecular complexity index is 1080. The van der Waals surface area contributed by atoms with Crippen LogP contribution in [0.2, 0.25) is 0 Å². The zero-order valence-corrected chi connectivity index (χ0v) is 18.1. The van der Waals surface area contributed by atoms with Gasteiger partial charge in [0.2, 0.25) is 0 Å². The molecule has 0 fully saturated rings. The quantitative estimate of drug-likeness (QED) is 0.216. The van der Waals surface area contributed by atoms with E-state index in [-0.39, 0.29) is 18.6 Å². The summed E-state index contributed by atoms with van der Waals surface area (Å²) < 4.78 is 108. The van der Waals surface area contributed by atoms with Crippen molar-refractivity contribution in [1.29, 1.82) is 0 Å². The average Bonchev–Trinajstić information content (AvgIpc) is 2.75. The molecule has 3 rings (SSSR count). The summed E-state index contributed by atoms with van der Waals surface area (Å²) in [5.41, 5.74) is -0.240.